The van der Waals surface area contributed by atoms with Crippen molar-refractivity contribution in [3.05, 3.63) is 12.4 Å². The summed E-state index contributed by atoms with van der Waals surface area (Å²) in [5.74, 6) is 0.706. The van der Waals surface area contributed by atoms with Crippen molar-refractivity contribution in [2.45, 2.75) is 11.1 Å². The van der Waals surface area contributed by atoms with Crippen molar-refractivity contribution in [3.63, 3.8) is 0 Å². The standard InChI is InChI=1S/C7H11N3O2S/c8-6-7(10-2-1-9-6)13-4-5(12)3-11/h1-2,5,11-12H,3-4H2,(H2,8,9). The summed E-state index contributed by atoms with van der Waals surface area (Å²) in [5.41, 5.74) is 5.51. The number of nitrogen functional groups attached to an aromatic ring is 1. The van der Waals surface area contributed by atoms with Crippen LogP contribution in [0.4, 0.5) is 5.82 Å². The van der Waals surface area contributed by atoms with Gasteiger partial charge in [-0.1, -0.05) is 11.8 Å². The molecule has 0 bridgehead atoms. The first-order valence-electron chi connectivity index (χ1n) is 3.72. The largest absolute Gasteiger partial charge is 0.394 e. The van der Waals surface area contributed by atoms with E-state index in [9.17, 15) is 0 Å². The molecule has 0 radical (unpaired) electrons. The van der Waals surface area contributed by atoms with Crippen molar-refractivity contribution in [1.82, 2.24) is 9.97 Å². The predicted octanol–water partition coefficient (Wildman–Crippen LogP) is -0.496. The summed E-state index contributed by atoms with van der Waals surface area (Å²) in [5, 5.41) is 18.2. The third-order valence-electron chi connectivity index (χ3n) is 1.31. The second-order valence-corrected chi connectivity index (χ2v) is 3.40. The fraction of sp³-hybridized carbons (Fsp3) is 0.429. The Morgan fingerprint density at radius 3 is 2.77 bits per heavy atom. The highest BCUT2D eigenvalue weighted by molar-refractivity contribution is 7.99. The van der Waals surface area contributed by atoms with E-state index in [2.05, 4.69) is 9.97 Å². The van der Waals surface area contributed by atoms with Crippen molar-refractivity contribution in [2.24, 2.45) is 0 Å². The SMILES string of the molecule is Nc1nccnc1SCC(O)CO. The predicted molar refractivity (Wildman–Crippen MR) is 50.3 cm³/mol. The minimum atomic E-state index is -0.744. The summed E-state index contributed by atoms with van der Waals surface area (Å²) >= 11 is 1.27. The smallest absolute Gasteiger partial charge is 0.156 e. The molecule has 0 saturated heterocycles. The second-order valence-electron chi connectivity index (χ2n) is 2.39. The number of aliphatic hydroxyl groups excluding tert-OH is 2. The summed E-state index contributed by atoms with van der Waals surface area (Å²) in [7, 11) is 0. The lowest BCUT2D eigenvalue weighted by Crippen LogP contribution is -2.14. The third-order valence-corrected chi connectivity index (χ3v) is 2.45. The molecule has 0 fully saturated rings. The lowest BCUT2D eigenvalue weighted by Gasteiger charge is -2.06. The van der Waals surface area contributed by atoms with Gasteiger partial charge in [0.2, 0.25) is 0 Å². The Kier molecular flexibility index (Phi) is 3.94. The van der Waals surface area contributed by atoms with Crippen molar-refractivity contribution in [3.8, 4) is 0 Å². The van der Waals surface area contributed by atoms with Gasteiger partial charge in [0.1, 0.15) is 5.03 Å². The van der Waals surface area contributed by atoms with E-state index >= 15 is 0 Å². The lowest BCUT2D eigenvalue weighted by molar-refractivity contribution is 0.113. The van der Waals surface area contributed by atoms with Crippen LogP contribution in [-0.4, -0.2) is 38.6 Å². The van der Waals surface area contributed by atoms with E-state index in [1.165, 1.54) is 24.2 Å². The molecule has 1 aromatic heterocycles. The van der Waals surface area contributed by atoms with Gasteiger partial charge in [-0.25, -0.2) is 9.97 Å². The number of aliphatic hydroxyl groups is 2. The average Bonchev–Trinajstić information content (AvgIpc) is 2.16. The Bertz CT molecular complexity index is 272. The Hall–Kier alpha value is -0.850. The van der Waals surface area contributed by atoms with E-state index < -0.39 is 6.10 Å². The molecule has 72 valence electrons. The number of nitrogens with zero attached hydrogens (tertiary/aromatic N) is 2. The first-order chi connectivity index (χ1) is 6.24. The number of thioether (sulfide) groups is 1. The summed E-state index contributed by atoms with van der Waals surface area (Å²) in [6.07, 6.45) is 2.29. The molecule has 1 unspecified atom stereocenters. The van der Waals surface area contributed by atoms with Gasteiger partial charge in [-0.05, 0) is 0 Å². The van der Waals surface area contributed by atoms with Crippen molar-refractivity contribution in [2.75, 3.05) is 18.1 Å². The van der Waals surface area contributed by atoms with Crippen molar-refractivity contribution < 1.29 is 10.2 Å². The van der Waals surface area contributed by atoms with Crippen LogP contribution in [0, 0.1) is 0 Å². The van der Waals surface area contributed by atoms with E-state index in [-0.39, 0.29) is 6.61 Å². The maximum Gasteiger partial charge on any atom is 0.156 e. The molecule has 4 N–H and O–H groups in total. The zero-order valence-electron chi connectivity index (χ0n) is 6.92. The molecule has 0 aliphatic carbocycles. The molecule has 13 heavy (non-hydrogen) atoms. The van der Waals surface area contributed by atoms with Crippen molar-refractivity contribution in [1.29, 1.82) is 0 Å². The summed E-state index contributed by atoms with van der Waals surface area (Å²) in [6.45, 7) is -0.257. The monoisotopic (exact) mass is 201 g/mol. The van der Waals surface area contributed by atoms with E-state index in [0.717, 1.165) is 0 Å². The molecule has 1 rings (SSSR count). The van der Waals surface area contributed by atoms with Gasteiger partial charge in [-0.15, -0.1) is 0 Å². The van der Waals surface area contributed by atoms with Crippen LogP contribution in [-0.2, 0) is 0 Å². The van der Waals surface area contributed by atoms with Crippen LogP contribution >= 0.6 is 11.8 Å². The molecule has 0 aliphatic heterocycles. The molecular weight excluding hydrogens is 190 g/mol. The van der Waals surface area contributed by atoms with Crippen LogP contribution in [0.3, 0.4) is 0 Å². The number of hydrogen-bond donors (Lipinski definition) is 3. The fourth-order valence-electron chi connectivity index (χ4n) is 0.675. The topological polar surface area (TPSA) is 92.3 Å². The Morgan fingerprint density at radius 2 is 2.15 bits per heavy atom. The molecule has 0 amide bonds. The number of aromatic nitrogens is 2. The van der Waals surface area contributed by atoms with E-state index in [1.807, 2.05) is 0 Å². The van der Waals surface area contributed by atoms with Gasteiger partial charge in [-0.3, -0.25) is 0 Å². The molecule has 6 heteroatoms. The minimum absolute atomic E-state index is 0.257. The molecule has 0 saturated carbocycles. The quantitative estimate of drug-likeness (QED) is 0.569. The van der Waals surface area contributed by atoms with Crippen LogP contribution in [0.2, 0.25) is 0 Å². The Labute approximate surface area is 80.0 Å². The Balaban J connectivity index is 2.50. The summed E-state index contributed by atoms with van der Waals surface area (Å²) in [4.78, 5) is 7.80. The minimum Gasteiger partial charge on any atom is -0.394 e. The Morgan fingerprint density at radius 1 is 1.46 bits per heavy atom. The van der Waals surface area contributed by atoms with Gasteiger partial charge in [-0.2, -0.15) is 0 Å². The van der Waals surface area contributed by atoms with Gasteiger partial charge in [0.15, 0.2) is 5.82 Å². The molecule has 1 aromatic rings. The second kappa shape index (κ2) is 5.00. The van der Waals surface area contributed by atoms with E-state index in [4.69, 9.17) is 15.9 Å². The van der Waals surface area contributed by atoms with Crippen LogP contribution in [0.25, 0.3) is 0 Å². The van der Waals surface area contributed by atoms with Crippen LogP contribution in [0.1, 0.15) is 0 Å². The van der Waals surface area contributed by atoms with Crippen LogP contribution in [0.5, 0.6) is 0 Å². The number of hydrogen-bond acceptors (Lipinski definition) is 6. The molecule has 5 nitrogen and oxygen atoms in total. The van der Waals surface area contributed by atoms with Gasteiger partial charge < -0.3 is 15.9 Å². The first-order valence-corrected chi connectivity index (χ1v) is 4.70. The molecule has 0 aromatic carbocycles. The zero-order chi connectivity index (χ0) is 9.68. The number of nitrogens with two attached hydrogens (primary N) is 1. The first kappa shape index (κ1) is 10.2. The highest BCUT2D eigenvalue weighted by Gasteiger charge is 2.06. The highest BCUT2D eigenvalue weighted by Crippen LogP contribution is 2.19. The molecule has 1 atom stereocenters. The number of anilines is 1. The highest BCUT2D eigenvalue weighted by atomic mass is 32.2. The zero-order valence-corrected chi connectivity index (χ0v) is 7.74. The van der Waals surface area contributed by atoms with Crippen LogP contribution < -0.4 is 5.73 Å². The fourth-order valence-corrected chi connectivity index (χ4v) is 1.47. The normalized spacial score (nSPS) is 12.8. The van der Waals surface area contributed by atoms with Crippen molar-refractivity contribution >= 4 is 17.6 Å². The molecule has 1 heterocycles. The lowest BCUT2D eigenvalue weighted by atomic mass is 10.4. The molecule has 0 aliphatic rings. The summed E-state index contributed by atoms with van der Waals surface area (Å²) < 4.78 is 0. The average molecular weight is 201 g/mol. The molecule has 0 spiro atoms. The maximum absolute atomic E-state index is 9.05. The maximum atomic E-state index is 9.05. The van der Waals surface area contributed by atoms with E-state index in [0.29, 0.717) is 16.6 Å². The van der Waals surface area contributed by atoms with Gasteiger partial charge in [0.05, 0.1) is 12.7 Å². The summed E-state index contributed by atoms with van der Waals surface area (Å²) in [6, 6.07) is 0. The van der Waals surface area contributed by atoms with Crippen LogP contribution in [0.15, 0.2) is 17.4 Å². The van der Waals surface area contributed by atoms with Gasteiger partial charge >= 0.3 is 0 Å². The van der Waals surface area contributed by atoms with E-state index in [1.54, 1.807) is 0 Å². The van der Waals surface area contributed by atoms with Gasteiger partial charge in [0, 0.05) is 18.1 Å². The third kappa shape index (κ3) is 3.17. The molecular formula is C7H11N3O2S. The number of rotatable bonds is 4. The van der Waals surface area contributed by atoms with Gasteiger partial charge in [0.25, 0.3) is 0 Å².